The van der Waals surface area contributed by atoms with Gasteiger partial charge in [-0.15, -0.1) is 11.8 Å². The summed E-state index contributed by atoms with van der Waals surface area (Å²) in [6, 6.07) is 10.9. The molecule has 0 heterocycles. The highest BCUT2D eigenvalue weighted by Crippen LogP contribution is 2.10. The lowest BCUT2D eigenvalue weighted by Crippen LogP contribution is -2.40. The summed E-state index contributed by atoms with van der Waals surface area (Å²) in [6.45, 7) is 1.61. The molecule has 0 aliphatic carbocycles. The van der Waals surface area contributed by atoms with E-state index >= 15 is 0 Å². The third-order valence-electron chi connectivity index (χ3n) is 2.29. The number of nitriles is 1. The Labute approximate surface area is 127 Å². The molecule has 0 bridgehead atoms. The Morgan fingerprint density at radius 1 is 1.33 bits per heavy atom. The third kappa shape index (κ3) is 6.68. The molecule has 1 amide bonds. The van der Waals surface area contributed by atoms with Gasteiger partial charge in [0.25, 0.3) is 0 Å². The highest BCUT2D eigenvalue weighted by Gasteiger charge is 2.22. The topological polar surface area (TPSA) is 88.4 Å². The van der Waals surface area contributed by atoms with E-state index in [2.05, 4.69) is 10.1 Å². The molecule has 0 aromatic heterocycles. The lowest BCUT2D eigenvalue weighted by Gasteiger charge is -2.15. The number of thioether (sulfide) groups is 1. The molecule has 0 aliphatic rings. The molecule has 0 saturated heterocycles. The maximum atomic E-state index is 11.7. The minimum Gasteiger partial charge on any atom is -0.448 e. The minimum atomic E-state index is -0.883. The monoisotopic (exact) mass is 308 g/mol. The molecule has 1 N–H and O–H groups in total. The summed E-state index contributed by atoms with van der Waals surface area (Å²) in [5.41, 5.74) is 0.847. The van der Waals surface area contributed by atoms with Crippen LogP contribution in [0, 0.1) is 11.3 Å². The average molecular weight is 308 g/mol. The van der Waals surface area contributed by atoms with E-state index in [-0.39, 0.29) is 13.2 Å². The molecule has 112 valence electrons. The number of nitrogens with one attached hydrogen (secondary N) is 1. The number of amides is 1. The summed E-state index contributed by atoms with van der Waals surface area (Å²) < 4.78 is 9.70. The number of alkyl carbamates (subject to hydrolysis) is 1. The van der Waals surface area contributed by atoms with Crippen molar-refractivity contribution in [2.24, 2.45) is 0 Å². The number of nitrogens with zero attached hydrogens (tertiary/aromatic N) is 1. The van der Waals surface area contributed by atoms with Gasteiger partial charge < -0.3 is 9.47 Å². The van der Waals surface area contributed by atoms with Crippen LogP contribution in [-0.2, 0) is 20.9 Å². The summed E-state index contributed by atoms with van der Waals surface area (Å²) in [4.78, 5) is 23.3. The molecule has 0 radical (unpaired) electrons. The highest BCUT2D eigenvalue weighted by atomic mass is 32.2. The number of rotatable bonds is 7. The van der Waals surface area contributed by atoms with E-state index in [1.165, 1.54) is 11.8 Å². The van der Waals surface area contributed by atoms with Crippen molar-refractivity contribution in [1.29, 1.82) is 5.26 Å². The van der Waals surface area contributed by atoms with E-state index in [1.807, 2.05) is 37.3 Å². The van der Waals surface area contributed by atoms with Crippen LogP contribution in [-0.4, -0.2) is 29.8 Å². The Balaban J connectivity index is 2.45. The van der Waals surface area contributed by atoms with Gasteiger partial charge in [0, 0.05) is 0 Å². The van der Waals surface area contributed by atoms with Gasteiger partial charge in [0.2, 0.25) is 0 Å². The van der Waals surface area contributed by atoms with Crippen LogP contribution < -0.4 is 5.32 Å². The third-order valence-corrected chi connectivity index (χ3v) is 3.27. The maximum Gasteiger partial charge on any atom is 0.408 e. The molecule has 1 rings (SSSR count). The number of carbonyl (C=O) groups excluding carboxylic acids is 2. The van der Waals surface area contributed by atoms with Gasteiger partial charge in [-0.2, -0.15) is 5.26 Å². The van der Waals surface area contributed by atoms with Gasteiger partial charge in [-0.3, -0.25) is 5.32 Å². The van der Waals surface area contributed by atoms with E-state index in [0.717, 1.165) is 5.56 Å². The second kappa shape index (κ2) is 9.66. The molecule has 1 atom stereocenters. The van der Waals surface area contributed by atoms with Crippen LogP contribution in [0.2, 0.25) is 0 Å². The number of hydrogen-bond acceptors (Lipinski definition) is 6. The van der Waals surface area contributed by atoms with Gasteiger partial charge in [0.15, 0.2) is 12.0 Å². The van der Waals surface area contributed by atoms with E-state index in [4.69, 9.17) is 10.00 Å². The predicted molar refractivity (Wildman–Crippen MR) is 78.3 cm³/mol. The van der Waals surface area contributed by atoms with Crippen molar-refractivity contribution in [3.8, 4) is 6.07 Å². The fraction of sp³-hybridized carbons (Fsp3) is 0.357. The number of benzene rings is 1. The van der Waals surface area contributed by atoms with Crippen molar-refractivity contribution < 1.29 is 19.1 Å². The summed E-state index contributed by atoms with van der Waals surface area (Å²) >= 11 is 1.19. The van der Waals surface area contributed by atoms with Crippen LogP contribution in [0.25, 0.3) is 0 Å². The highest BCUT2D eigenvalue weighted by molar-refractivity contribution is 8.00. The Kier molecular flexibility index (Phi) is 7.76. The van der Waals surface area contributed by atoms with E-state index in [9.17, 15) is 9.59 Å². The second-order valence-corrected chi connectivity index (χ2v) is 5.19. The summed E-state index contributed by atoms with van der Waals surface area (Å²) in [5, 5.41) is 9.90. The Morgan fingerprint density at radius 2 is 2.05 bits per heavy atom. The number of ether oxygens (including phenoxy) is 2. The summed E-state index contributed by atoms with van der Waals surface area (Å²) in [5.74, 6) is -0.0641. The zero-order valence-corrected chi connectivity index (χ0v) is 12.4. The standard InChI is InChI=1S/C14H16N2O4S/c1-2-21-12(13(17)19-9-8-15)16-14(18)20-10-11-6-4-3-5-7-11/h3-7,12H,2,9-10H2,1H3,(H,16,18). The van der Waals surface area contributed by atoms with Crippen LogP contribution in [0.5, 0.6) is 0 Å². The van der Waals surface area contributed by atoms with Crippen LogP contribution in [0.4, 0.5) is 4.79 Å². The van der Waals surface area contributed by atoms with Crippen molar-refractivity contribution in [1.82, 2.24) is 5.32 Å². The predicted octanol–water partition coefficient (Wildman–Crippen LogP) is 2.06. The van der Waals surface area contributed by atoms with Crippen molar-refractivity contribution in [3.05, 3.63) is 35.9 Å². The lowest BCUT2D eigenvalue weighted by molar-refractivity contribution is -0.142. The molecule has 6 nitrogen and oxygen atoms in total. The van der Waals surface area contributed by atoms with Crippen LogP contribution >= 0.6 is 11.8 Å². The van der Waals surface area contributed by atoms with E-state index in [1.54, 1.807) is 6.07 Å². The Morgan fingerprint density at radius 3 is 2.67 bits per heavy atom. The van der Waals surface area contributed by atoms with Crippen molar-refractivity contribution in [2.75, 3.05) is 12.4 Å². The quantitative estimate of drug-likeness (QED) is 0.612. The van der Waals surface area contributed by atoms with Gasteiger partial charge in [-0.1, -0.05) is 37.3 Å². The molecular weight excluding hydrogens is 292 g/mol. The molecule has 1 aromatic rings. The van der Waals surface area contributed by atoms with Gasteiger partial charge >= 0.3 is 12.1 Å². The number of esters is 1. The first kappa shape index (κ1) is 16.9. The molecule has 0 fully saturated rings. The fourth-order valence-corrected chi connectivity index (χ4v) is 2.10. The largest absolute Gasteiger partial charge is 0.448 e. The van der Waals surface area contributed by atoms with Gasteiger partial charge in [-0.05, 0) is 11.3 Å². The Hall–Kier alpha value is -2.20. The molecule has 7 heteroatoms. The summed E-state index contributed by atoms with van der Waals surface area (Å²) in [7, 11) is 0. The lowest BCUT2D eigenvalue weighted by atomic mass is 10.2. The van der Waals surface area contributed by atoms with E-state index in [0.29, 0.717) is 5.75 Å². The molecule has 1 aromatic carbocycles. The van der Waals surface area contributed by atoms with Gasteiger partial charge in [0.05, 0.1) is 0 Å². The molecule has 0 aliphatic heterocycles. The number of hydrogen-bond donors (Lipinski definition) is 1. The molecule has 1 unspecified atom stereocenters. The van der Waals surface area contributed by atoms with Crippen molar-refractivity contribution >= 4 is 23.8 Å². The first-order valence-corrected chi connectivity index (χ1v) is 7.34. The minimum absolute atomic E-state index is 0.115. The first-order valence-electron chi connectivity index (χ1n) is 6.29. The summed E-state index contributed by atoms with van der Waals surface area (Å²) in [6.07, 6.45) is -0.710. The van der Waals surface area contributed by atoms with Crippen LogP contribution in [0.15, 0.2) is 30.3 Å². The van der Waals surface area contributed by atoms with Gasteiger partial charge in [-0.25, -0.2) is 9.59 Å². The second-order valence-electron chi connectivity index (χ2n) is 3.81. The zero-order chi connectivity index (χ0) is 15.5. The smallest absolute Gasteiger partial charge is 0.408 e. The van der Waals surface area contributed by atoms with E-state index < -0.39 is 17.4 Å². The SMILES string of the molecule is CCSC(NC(=O)OCc1ccccc1)C(=O)OCC#N. The zero-order valence-electron chi connectivity index (χ0n) is 11.6. The molecule has 21 heavy (non-hydrogen) atoms. The Bertz CT molecular complexity index is 501. The van der Waals surface area contributed by atoms with Gasteiger partial charge in [0.1, 0.15) is 12.7 Å². The number of carbonyl (C=O) groups is 2. The van der Waals surface area contributed by atoms with Crippen molar-refractivity contribution in [3.63, 3.8) is 0 Å². The van der Waals surface area contributed by atoms with Crippen LogP contribution in [0.1, 0.15) is 12.5 Å². The van der Waals surface area contributed by atoms with Crippen LogP contribution in [0.3, 0.4) is 0 Å². The van der Waals surface area contributed by atoms with Crippen molar-refractivity contribution in [2.45, 2.75) is 18.9 Å². The molecular formula is C14H16N2O4S. The maximum absolute atomic E-state index is 11.7. The first-order chi connectivity index (χ1) is 10.2. The molecule has 0 saturated carbocycles. The normalized spacial score (nSPS) is 11.0. The molecule has 0 spiro atoms. The average Bonchev–Trinajstić information content (AvgIpc) is 2.51. The fourth-order valence-electron chi connectivity index (χ4n) is 1.39.